The average molecular weight is 268 g/mol. The first-order chi connectivity index (χ1) is 8.62. The zero-order chi connectivity index (χ0) is 13.0. The van der Waals surface area contributed by atoms with Crippen molar-refractivity contribution in [1.29, 1.82) is 0 Å². The molecule has 0 amide bonds. The Morgan fingerprint density at radius 1 is 1.33 bits per heavy atom. The summed E-state index contributed by atoms with van der Waals surface area (Å²) >= 11 is 0. The van der Waals surface area contributed by atoms with Gasteiger partial charge in [0.05, 0.1) is 17.1 Å². The molecule has 1 heterocycles. The van der Waals surface area contributed by atoms with E-state index >= 15 is 0 Å². The highest BCUT2D eigenvalue weighted by Crippen LogP contribution is 2.28. The van der Waals surface area contributed by atoms with Gasteiger partial charge in [0.15, 0.2) is 0 Å². The second-order valence-electron chi connectivity index (χ2n) is 4.52. The second-order valence-corrected chi connectivity index (χ2v) is 6.99. The van der Waals surface area contributed by atoms with Crippen molar-refractivity contribution in [2.24, 2.45) is 0 Å². The van der Waals surface area contributed by atoms with Gasteiger partial charge in [0, 0.05) is 25.4 Å². The molecule has 1 N–H and O–H groups in total. The minimum atomic E-state index is -2.84. The van der Waals surface area contributed by atoms with Crippen LogP contribution in [0, 0.1) is 0 Å². The van der Waals surface area contributed by atoms with E-state index in [2.05, 4.69) is 22.3 Å². The lowest BCUT2D eigenvalue weighted by molar-refractivity contribution is 0.593. The molecule has 0 radical (unpaired) electrons. The Bertz CT molecular complexity index is 499. The Balaban J connectivity index is 1.96. The molecule has 0 atom stereocenters. The van der Waals surface area contributed by atoms with E-state index in [1.54, 1.807) is 6.92 Å². The fourth-order valence-electron chi connectivity index (χ4n) is 2.20. The van der Waals surface area contributed by atoms with Crippen LogP contribution in [0.2, 0.25) is 0 Å². The smallest absolute Gasteiger partial charge is 0.150 e. The maximum absolute atomic E-state index is 11.5. The number of sulfone groups is 1. The number of rotatable bonds is 5. The predicted octanol–water partition coefficient (Wildman–Crippen LogP) is 1.74. The molecule has 0 fully saturated rings. The molecule has 0 saturated carbocycles. The van der Waals surface area contributed by atoms with Crippen LogP contribution in [0.5, 0.6) is 0 Å². The van der Waals surface area contributed by atoms with Crippen LogP contribution in [0.4, 0.5) is 11.4 Å². The van der Waals surface area contributed by atoms with Crippen LogP contribution in [0.1, 0.15) is 13.3 Å². The van der Waals surface area contributed by atoms with E-state index in [4.69, 9.17) is 0 Å². The summed E-state index contributed by atoms with van der Waals surface area (Å²) in [5.74, 6) is 0.529. The van der Waals surface area contributed by atoms with Crippen molar-refractivity contribution in [2.75, 3.05) is 41.4 Å². The van der Waals surface area contributed by atoms with Gasteiger partial charge in [0.1, 0.15) is 9.84 Å². The summed E-state index contributed by atoms with van der Waals surface area (Å²) in [4.78, 5) is 2.26. The van der Waals surface area contributed by atoms with Crippen molar-refractivity contribution in [3.05, 3.63) is 24.3 Å². The Hall–Kier alpha value is -1.23. The third kappa shape index (κ3) is 3.16. The Morgan fingerprint density at radius 2 is 2.11 bits per heavy atom. The number of nitrogens with zero attached hydrogens (tertiary/aromatic N) is 1. The first kappa shape index (κ1) is 13.2. The van der Waals surface area contributed by atoms with Crippen LogP contribution < -0.4 is 10.2 Å². The summed E-state index contributed by atoms with van der Waals surface area (Å²) in [6.45, 7) is 4.36. The number of anilines is 2. The monoisotopic (exact) mass is 268 g/mol. The van der Waals surface area contributed by atoms with Crippen molar-refractivity contribution < 1.29 is 8.42 Å². The summed E-state index contributed by atoms with van der Waals surface area (Å²) in [5, 5.41) is 3.35. The summed E-state index contributed by atoms with van der Waals surface area (Å²) in [6.07, 6.45) is 0.699. The van der Waals surface area contributed by atoms with Gasteiger partial charge >= 0.3 is 0 Å². The third-order valence-corrected chi connectivity index (χ3v) is 5.06. The van der Waals surface area contributed by atoms with Crippen LogP contribution in [-0.2, 0) is 9.84 Å². The number of benzene rings is 1. The SMILES string of the molecule is CCS(=O)(=O)CCCN1CCNc2ccccc21. The van der Waals surface area contributed by atoms with Gasteiger partial charge in [-0.2, -0.15) is 0 Å². The van der Waals surface area contributed by atoms with Crippen molar-refractivity contribution >= 4 is 21.2 Å². The first-order valence-electron chi connectivity index (χ1n) is 6.40. The Kier molecular flexibility index (Phi) is 4.11. The van der Waals surface area contributed by atoms with Gasteiger partial charge in [-0.15, -0.1) is 0 Å². The average Bonchev–Trinajstić information content (AvgIpc) is 2.39. The van der Waals surface area contributed by atoms with E-state index in [0.717, 1.165) is 25.3 Å². The molecule has 0 aliphatic carbocycles. The molecule has 100 valence electrons. The maximum atomic E-state index is 11.5. The minimum Gasteiger partial charge on any atom is -0.382 e. The molecule has 4 nitrogen and oxygen atoms in total. The fraction of sp³-hybridized carbons (Fsp3) is 0.538. The number of fused-ring (bicyclic) bond motifs is 1. The molecule has 18 heavy (non-hydrogen) atoms. The molecule has 2 rings (SSSR count). The van der Waals surface area contributed by atoms with Crippen LogP contribution in [-0.4, -0.2) is 39.6 Å². The number of nitrogens with one attached hydrogen (secondary N) is 1. The van der Waals surface area contributed by atoms with Crippen molar-refractivity contribution in [2.45, 2.75) is 13.3 Å². The summed E-state index contributed by atoms with van der Waals surface area (Å²) in [7, 11) is -2.84. The van der Waals surface area contributed by atoms with E-state index < -0.39 is 9.84 Å². The minimum absolute atomic E-state index is 0.241. The number of para-hydroxylation sites is 2. The largest absolute Gasteiger partial charge is 0.382 e. The van der Waals surface area contributed by atoms with Crippen LogP contribution in [0.25, 0.3) is 0 Å². The molecule has 0 bridgehead atoms. The van der Waals surface area contributed by atoms with Gasteiger partial charge < -0.3 is 10.2 Å². The maximum Gasteiger partial charge on any atom is 0.150 e. The zero-order valence-electron chi connectivity index (χ0n) is 10.7. The molecule has 1 aliphatic heterocycles. The summed E-state index contributed by atoms with van der Waals surface area (Å²) < 4.78 is 22.9. The van der Waals surface area contributed by atoms with Crippen LogP contribution >= 0.6 is 0 Å². The molecule has 0 saturated heterocycles. The fourth-order valence-corrected chi connectivity index (χ4v) is 3.05. The molecule has 0 unspecified atom stereocenters. The number of hydrogen-bond donors (Lipinski definition) is 1. The van der Waals surface area contributed by atoms with Crippen LogP contribution in [0.3, 0.4) is 0 Å². The van der Waals surface area contributed by atoms with Crippen LogP contribution in [0.15, 0.2) is 24.3 Å². The Morgan fingerprint density at radius 3 is 2.89 bits per heavy atom. The molecule has 1 aliphatic rings. The van der Waals surface area contributed by atoms with Gasteiger partial charge in [-0.1, -0.05) is 19.1 Å². The van der Waals surface area contributed by atoms with E-state index in [1.165, 1.54) is 5.69 Å². The highest BCUT2D eigenvalue weighted by Gasteiger charge is 2.16. The molecular weight excluding hydrogens is 248 g/mol. The normalized spacial score (nSPS) is 15.1. The lowest BCUT2D eigenvalue weighted by Gasteiger charge is -2.32. The highest BCUT2D eigenvalue weighted by atomic mass is 32.2. The topological polar surface area (TPSA) is 49.4 Å². The van der Waals surface area contributed by atoms with Gasteiger partial charge in [-0.05, 0) is 18.6 Å². The molecule has 0 spiro atoms. The molecule has 1 aromatic carbocycles. The van der Waals surface area contributed by atoms with Crippen molar-refractivity contribution in [3.63, 3.8) is 0 Å². The third-order valence-electron chi connectivity index (χ3n) is 3.27. The van der Waals surface area contributed by atoms with E-state index in [1.807, 2.05) is 12.1 Å². The predicted molar refractivity (Wildman–Crippen MR) is 76.1 cm³/mol. The molecule has 5 heteroatoms. The van der Waals surface area contributed by atoms with Gasteiger partial charge in [-0.25, -0.2) is 8.42 Å². The van der Waals surface area contributed by atoms with E-state index in [9.17, 15) is 8.42 Å². The lowest BCUT2D eigenvalue weighted by atomic mass is 10.2. The quantitative estimate of drug-likeness (QED) is 0.884. The van der Waals surface area contributed by atoms with Crippen molar-refractivity contribution in [1.82, 2.24) is 0 Å². The molecule has 0 aromatic heterocycles. The lowest BCUT2D eigenvalue weighted by Crippen LogP contribution is -2.35. The second kappa shape index (κ2) is 5.61. The Labute approximate surface area is 109 Å². The van der Waals surface area contributed by atoms with E-state index in [-0.39, 0.29) is 11.5 Å². The van der Waals surface area contributed by atoms with E-state index in [0.29, 0.717) is 6.42 Å². The summed E-state index contributed by atoms with van der Waals surface area (Å²) in [5.41, 5.74) is 2.32. The molecular formula is C13H20N2O2S. The summed E-state index contributed by atoms with van der Waals surface area (Å²) in [6, 6.07) is 8.17. The number of hydrogen-bond acceptors (Lipinski definition) is 4. The zero-order valence-corrected chi connectivity index (χ0v) is 11.5. The van der Waals surface area contributed by atoms with Gasteiger partial charge in [0.25, 0.3) is 0 Å². The van der Waals surface area contributed by atoms with Gasteiger partial charge in [-0.3, -0.25) is 0 Å². The van der Waals surface area contributed by atoms with Crippen molar-refractivity contribution in [3.8, 4) is 0 Å². The standard InChI is InChI=1S/C13H20N2O2S/c1-2-18(16,17)11-5-9-15-10-8-14-12-6-3-4-7-13(12)15/h3-4,6-7,14H,2,5,8-11H2,1H3. The highest BCUT2D eigenvalue weighted by molar-refractivity contribution is 7.91. The molecule has 1 aromatic rings. The first-order valence-corrected chi connectivity index (χ1v) is 8.23. The van der Waals surface area contributed by atoms with Gasteiger partial charge in [0.2, 0.25) is 0 Å².